The summed E-state index contributed by atoms with van der Waals surface area (Å²) in [4.78, 5) is 24.3. The maximum atomic E-state index is 14.5. The molecule has 6 nitrogen and oxygen atoms in total. The van der Waals surface area contributed by atoms with Gasteiger partial charge in [0.25, 0.3) is 11.6 Å². The topological polar surface area (TPSA) is 81.5 Å². The molecule has 1 aliphatic rings. The number of nitrogens with zero attached hydrogens (tertiary/aromatic N) is 1. The molecule has 1 fully saturated rings. The zero-order valence-electron chi connectivity index (χ0n) is 16.7. The van der Waals surface area contributed by atoms with Gasteiger partial charge in [-0.3, -0.25) is 14.9 Å². The summed E-state index contributed by atoms with van der Waals surface area (Å²) in [7, 11) is 1.39. The Balaban J connectivity index is 1.93. The molecule has 0 aromatic heterocycles. The minimum absolute atomic E-state index is 0.0124. The second-order valence-electron chi connectivity index (χ2n) is 7.25. The number of ether oxygens (including phenoxy) is 1. The van der Waals surface area contributed by atoms with E-state index in [1.54, 1.807) is 6.26 Å². The van der Waals surface area contributed by atoms with Crippen molar-refractivity contribution in [3.8, 4) is 5.75 Å². The van der Waals surface area contributed by atoms with Gasteiger partial charge in [0, 0.05) is 17.5 Å². The molecule has 160 valence electrons. The van der Waals surface area contributed by atoms with E-state index in [-0.39, 0.29) is 23.4 Å². The Hall–Kier alpha value is -2.68. The smallest absolute Gasteiger partial charge is 0.285 e. The minimum Gasteiger partial charge on any atom is -0.495 e. The van der Waals surface area contributed by atoms with Gasteiger partial charge in [0.15, 0.2) is 0 Å². The van der Waals surface area contributed by atoms with Crippen molar-refractivity contribution in [3.05, 3.63) is 63.2 Å². The fraction of sp³-hybridized carbons (Fsp3) is 0.381. The molecular weight excluding hydrogens is 414 g/mol. The fourth-order valence-corrected chi connectivity index (χ4v) is 4.70. The number of methoxy groups -OCH3 is 1. The number of rotatable bonds is 7. The summed E-state index contributed by atoms with van der Waals surface area (Å²) >= 11 is 1.29. The zero-order chi connectivity index (χ0) is 21.9. The van der Waals surface area contributed by atoms with Crippen LogP contribution in [0.1, 0.15) is 41.6 Å². The van der Waals surface area contributed by atoms with Gasteiger partial charge in [0.2, 0.25) is 0 Å². The van der Waals surface area contributed by atoms with Crippen molar-refractivity contribution >= 4 is 23.4 Å². The Labute approximate surface area is 177 Å². The Bertz CT molecular complexity index is 957. The molecule has 0 atom stereocenters. The number of thioether (sulfide) groups is 1. The number of carbonyl (C=O) groups excluding carboxylic acids is 1. The monoisotopic (exact) mass is 436 g/mol. The lowest BCUT2D eigenvalue weighted by atomic mass is 9.78. The molecule has 0 aliphatic heterocycles. The van der Waals surface area contributed by atoms with Gasteiger partial charge >= 0.3 is 0 Å². The molecular formula is C21H22F2N2O4S. The van der Waals surface area contributed by atoms with E-state index >= 15 is 0 Å². The Morgan fingerprint density at radius 3 is 2.43 bits per heavy atom. The van der Waals surface area contributed by atoms with Crippen LogP contribution in [0.5, 0.6) is 5.75 Å². The molecule has 1 aliphatic carbocycles. The summed E-state index contributed by atoms with van der Waals surface area (Å²) in [5.41, 5.74) is -1.42. The van der Waals surface area contributed by atoms with Gasteiger partial charge in [-0.1, -0.05) is 18.9 Å². The Morgan fingerprint density at radius 2 is 1.90 bits per heavy atom. The summed E-state index contributed by atoms with van der Waals surface area (Å²) in [6, 6.07) is 6.34. The molecule has 1 amide bonds. The predicted octanol–water partition coefficient (Wildman–Crippen LogP) is 4.85. The number of benzene rings is 2. The standard InChI is InChI=1S/C21H22F2N2O4S/c1-29-17-11-16(25(27)28)13(10-18(17)30-2)20(26)24-12-21(8-3-4-9-21)19-14(22)6-5-7-15(19)23/h5-7,10-11H,3-4,8-9,12H2,1-2H3,(H,24,26). The molecule has 0 radical (unpaired) electrons. The average molecular weight is 436 g/mol. The van der Waals surface area contributed by atoms with Gasteiger partial charge in [-0.25, -0.2) is 8.78 Å². The summed E-state index contributed by atoms with van der Waals surface area (Å²) < 4.78 is 34.1. The fourth-order valence-electron chi connectivity index (χ4n) is 4.12. The van der Waals surface area contributed by atoms with Crippen molar-refractivity contribution < 1.29 is 23.2 Å². The first-order valence-corrected chi connectivity index (χ1v) is 10.7. The van der Waals surface area contributed by atoms with E-state index in [0.717, 1.165) is 12.8 Å². The van der Waals surface area contributed by atoms with Crippen LogP contribution in [0, 0.1) is 21.7 Å². The quantitative estimate of drug-likeness (QED) is 0.381. The van der Waals surface area contributed by atoms with Gasteiger partial charge < -0.3 is 10.1 Å². The number of amides is 1. The van der Waals surface area contributed by atoms with Crippen LogP contribution in [0.25, 0.3) is 0 Å². The Kier molecular flexibility index (Phi) is 6.60. The SMILES string of the molecule is COc1cc([N+](=O)[O-])c(C(=O)NCC2(c3c(F)cccc3F)CCCC2)cc1SC. The maximum Gasteiger partial charge on any atom is 0.285 e. The van der Waals surface area contributed by atoms with Crippen LogP contribution in [-0.4, -0.2) is 30.7 Å². The Morgan fingerprint density at radius 1 is 1.27 bits per heavy atom. The summed E-state index contributed by atoms with van der Waals surface area (Å²) in [5.74, 6) is -1.66. The van der Waals surface area contributed by atoms with Gasteiger partial charge in [0.1, 0.15) is 22.9 Å². The molecule has 0 unspecified atom stereocenters. The van der Waals surface area contributed by atoms with Gasteiger partial charge in [-0.15, -0.1) is 11.8 Å². The van der Waals surface area contributed by atoms with Crippen molar-refractivity contribution in [1.82, 2.24) is 5.32 Å². The zero-order valence-corrected chi connectivity index (χ0v) is 17.5. The number of carbonyl (C=O) groups is 1. The van der Waals surface area contributed by atoms with Crippen molar-refractivity contribution in [2.24, 2.45) is 0 Å². The minimum atomic E-state index is -0.880. The first kappa shape index (κ1) is 22.0. The highest BCUT2D eigenvalue weighted by atomic mass is 32.2. The van der Waals surface area contributed by atoms with Crippen LogP contribution in [0.3, 0.4) is 0 Å². The van der Waals surface area contributed by atoms with Crippen molar-refractivity contribution in [2.45, 2.75) is 36.0 Å². The molecule has 3 rings (SSSR count). The average Bonchev–Trinajstić information content (AvgIpc) is 3.20. The molecule has 30 heavy (non-hydrogen) atoms. The van der Waals surface area contributed by atoms with Crippen LogP contribution in [0.2, 0.25) is 0 Å². The number of nitro groups is 1. The van der Waals surface area contributed by atoms with Crippen molar-refractivity contribution in [1.29, 1.82) is 0 Å². The first-order valence-electron chi connectivity index (χ1n) is 9.46. The molecule has 2 aromatic rings. The van der Waals surface area contributed by atoms with Crippen molar-refractivity contribution in [3.63, 3.8) is 0 Å². The molecule has 1 N–H and O–H groups in total. The lowest BCUT2D eigenvalue weighted by molar-refractivity contribution is -0.385. The third-order valence-electron chi connectivity index (χ3n) is 5.58. The van der Waals surface area contributed by atoms with Gasteiger partial charge in [0.05, 0.1) is 23.0 Å². The molecule has 9 heteroatoms. The number of hydrogen-bond acceptors (Lipinski definition) is 5. The summed E-state index contributed by atoms with van der Waals surface area (Å²) in [6.07, 6.45) is 4.36. The highest BCUT2D eigenvalue weighted by Crippen LogP contribution is 2.43. The van der Waals surface area contributed by atoms with E-state index in [2.05, 4.69) is 5.32 Å². The summed E-state index contributed by atoms with van der Waals surface area (Å²) in [5, 5.41) is 14.2. The first-order chi connectivity index (χ1) is 14.3. The van der Waals surface area contributed by atoms with Crippen LogP contribution < -0.4 is 10.1 Å². The molecule has 2 aromatic carbocycles. The van der Waals surface area contributed by atoms with E-state index in [9.17, 15) is 23.7 Å². The number of nitro benzene ring substituents is 1. The maximum absolute atomic E-state index is 14.5. The molecule has 0 spiro atoms. The van der Waals surface area contributed by atoms with E-state index < -0.39 is 27.9 Å². The second-order valence-corrected chi connectivity index (χ2v) is 8.10. The summed E-state index contributed by atoms with van der Waals surface area (Å²) in [6.45, 7) is -0.0124. The van der Waals surface area contributed by atoms with E-state index in [1.165, 1.54) is 49.2 Å². The van der Waals surface area contributed by atoms with E-state index in [0.29, 0.717) is 23.5 Å². The lowest BCUT2D eigenvalue weighted by Gasteiger charge is -2.30. The van der Waals surface area contributed by atoms with Crippen LogP contribution >= 0.6 is 11.8 Å². The number of hydrogen-bond donors (Lipinski definition) is 1. The van der Waals surface area contributed by atoms with E-state index in [4.69, 9.17) is 4.74 Å². The lowest BCUT2D eigenvalue weighted by Crippen LogP contribution is -2.40. The largest absolute Gasteiger partial charge is 0.495 e. The normalized spacial score (nSPS) is 15.1. The van der Waals surface area contributed by atoms with Gasteiger partial charge in [-0.2, -0.15) is 0 Å². The highest BCUT2D eigenvalue weighted by Gasteiger charge is 2.40. The highest BCUT2D eigenvalue weighted by molar-refractivity contribution is 7.98. The van der Waals surface area contributed by atoms with Crippen LogP contribution in [0.4, 0.5) is 14.5 Å². The van der Waals surface area contributed by atoms with Gasteiger partial charge in [-0.05, 0) is 37.3 Å². The van der Waals surface area contributed by atoms with Crippen molar-refractivity contribution in [2.75, 3.05) is 19.9 Å². The molecule has 0 saturated heterocycles. The number of nitrogens with one attached hydrogen (secondary N) is 1. The number of halogens is 2. The molecule has 0 bridgehead atoms. The van der Waals surface area contributed by atoms with Crippen LogP contribution in [-0.2, 0) is 5.41 Å². The third-order valence-corrected chi connectivity index (χ3v) is 6.34. The van der Waals surface area contributed by atoms with Crippen LogP contribution in [0.15, 0.2) is 35.2 Å². The molecule has 0 heterocycles. The van der Waals surface area contributed by atoms with E-state index in [1.807, 2.05) is 0 Å². The molecule has 1 saturated carbocycles. The second kappa shape index (κ2) is 8.99. The predicted molar refractivity (Wildman–Crippen MR) is 110 cm³/mol. The third kappa shape index (κ3) is 4.12.